The maximum atomic E-state index is 12.6. The van der Waals surface area contributed by atoms with Crippen LogP contribution < -0.4 is 4.90 Å². The quantitative estimate of drug-likeness (QED) is 0.510. The standard InChI is InChI=1S/C24H31NO4/c26-22-17-18-23(27)25(22)20-15-13-19(14-16-20)24(28)29-21-11-9-7-5-3-1-2-4-6-8-10-12-21/h13-18,21H,1-12H2. The summed E-state index contributed by atoms with van der Waals surface area (Å²) in [5.41, 5.74) is 0.910. The highest BCUT2D eigenvalue weighted by Gasteiger charge is 2.25. The second-order valence-electron chi connectivity index (χ2n) is 8.03. The summed E-state index contributed by atoms with van der Waals surface area (Å²) in [6, 6.07) is 6.47. The summed E-state index contributed by atoms with van der Waals surface area (Å²) in [5, 5.41) is 0. The van der Waals surface area contributed by atoms with Crippen molar-refractivity contribution in [1.82, 2.24) is 0 Å². The Hall–Kier alpha value is -2.43. The van der Waals surface area contributed by atoms with Crippen LogP contribution in [-0.4, -0.2) is 23.9 Å². The Morgan fingerprint density at radius 3 is 1.66 bits per heavy atom. The summed E-state index contributed by atoms with van der Waals surface area (Å²) in [4.78, 5) is 37.3. The number of amides is 2. The van der Waals surface area contributed by atoms with Crippen molar-refractivity contribution in [2.45, 2.75) is 83.2 Å². The van der Waals surface area contributed by atoms with Gasteiger partial charge >= 0.3 is 5.97 Å². The van der Waals surface area contributed by atoms with E-state index in [0.29, 0.717) is 11.3 Å². The zero-order valence-corrected chi connectivity index (χ0v) is 17.1. The van der Waals surface area contributed by atoms with Crippen LogP contribution in [0.1, 0.15) is 87.4 Å². The average Bonchev–Trinajstić information content (AvgIpc) is 3.07. The molecule has 5 nitrogen and oxygen atoms in total. The lowest BCUT2D eigenvalue weighted by Gasteiger charge is -2.18. The number of nitrogens with zero attached hydrogens (tertiary/aromatic N) is 1. The third-order valence-electron chi connectivity index (χ3n) is 5.75. The van der Waals surface area contributed by atoms with Gasteiger partial charge in [0.15, 0.2) is 0 Å². The van der Waals surface area contributed by atoms with Crippen LogP contribution in [0.5, 0.6) is 0 Å². The van der Waals surface area contributed by atoms with E-state index in [4.69, 9.17) is 4.74 Å². The van der Waals surface area contributed by atoms with Crippen molar-refractivity contribution < 1.29 is 19.1 Å². The van der Waals surface area contributed by atoms with Crippen LogP contribution in [0.25, 0.3) is 0 Å². The smallest absolute Gasteiger partial charge is 0.338 e. The van der Waals surface area contributed by atoms with E-state index in [9.17, 15) is 14.4 Å². The number of benzene rings is 1. The molecular weight excluding hydrogens is 366 g/mol. The van der Waals surface area contributed by atoms with Crippen LogP contribution in [0.4, 0.5) is 5.69 Å². The van der Waals surface area contributed by atoms with E-state index in [1.54, 1.807) is 24.3 Å². The molecule has 1 aliphatic heterocycles. The monoisotopic (exact) mass is 397 g/mol. The summed E-state index contributed by atoms with van der Waals surface area (Å²) >= 11 is 0. The minimum Gasteiger partial charge on any atom is -0.459 e. The molecule has 1 fully saturated rings. The molecule has 1 saturated carbocycles. The molecule has 1 aliphatic carbocycles. The summed E-state index contributed by atoms with van der Waals surface area (Å²) < 4.78 is 5.82. The summed E-state index contributed by atoms with van der Waals surface area (Å²) in [6.07, 6.45) is 16.8. The molecule has 0 unspecified atom stereocenters. The molecule has 0 aromatic heterocycles. The lowest BCUT2D eigenvalue weighted by atomic mass is 10.0. The number of hydrogen-bond acceptors (Lipinski definition) is 4. The maximum absolute atomic E-state index is 12.6. The van der Waals surface area contributed by atoms with E-state index < -0.39 is 0 Å². The largest absolute Gasteiger partial charge is 0.459 e. The first kappa shape index (κ1) is 21.3. The number of ether oxygens (including phenoxy) is 1. The Bertz CT molecular complexity index is 706. The maximum Gasteiger partial charge on any atom is 0.338 e. The Morgan fingerprint density at radius 1 is 0.724 bits per heavy atom. The fraction of sp³-hybridized carbons (Fsp3) is 0.542. The molecule has 156 valence electrons. The number of imide groups is 1. The molecule has 1 aromatic rings. The fourth-order valence-corrected chi connectivity index (χ4v) is 4.04. The Balaban J connectivity index is 1.56. The van der Waals surface area contributed by atoms with Gasteiger partial charge in [0, 0.05) is 12.2 Å². The molecule has 29 heavy (non-hydrogen) atoms. The predicted octanol–water partition coefficient (Wildman–Crippen LogP) is 5.34. The van der Waals surface area contributed by atoms with Gasteiger partial charge in [-0.1, -0.05) is 51.4 Å². The molecule has 0 saturated heterocycles. The van der Waals surface area contributed by atoms with Crippen LogP contribution in [0.3, 0.4) is 0 Å². The highest BCUT2D eigenvalue weighted by molar-refractivity contribution is 6.28. The first-order chi connectivity index (χ1) is 14.1. The molecule has 2 aliphatic rings. The van der Waals surface area contributed by atoms with Crippen molar-refractivity contribution in [2.75, 3.05) is 4.90 Å². The second kappa shape index (κ2) is 10.9. The number of hydrogen-bond donors (Lipinski definition) is 0. The van der Waals surface area contributed by atoms with E-state index in [0.717, 1.165) is 30.6 Å². The van der Waals surface area contributed by atoms with E-state index in [-0.39, 0.29) is 23.9 Å². The lowest BCUT2D eigenvalue weighted by Crippen LogP contribution is -2.29. The van der Waals surface area contributed by atoms with E-state index in [1.165, 1.54) is 63.5 Å². The van der Waals surface area contributed by atoms with Gasteiger partial charge in [-0.25, -0.2) is 9.69 Å². The lowest BCUT2D eigenvalue weighted by molar-refractivity contribution is -0.119. The number of esters is 1. The highest BCUT2D eigenvalue weighted by Crippen LogP contribution is 2.22. The van der Waals surface area contributed by atoms with Gasteiger partial charge in [0.2, 0.25) is 0 Å². The predicted molar refractivity (Wildman–Crippen MR) is 113 cm³/mol. The van der Waals surface area contributed by atoms with Crippen molar-refractivity contribution in [2.24, 2.45) is 0 Å². The molecule has 0 bridgehead atoms. The van der Waals surface area contributed by atoms with Crippen LogP contribution in [0, 0.1) is 0 Å². The third-order valence-corrected chi connectivity index (χ3v) is 5.75. The molecule has 0 atom stereocenters. The molecule has 0 spiro atoms. The van der Waals surface area contributed by atoms with Gasteiger partial charge in [0.25, 0.3) is 11.8 Å². The minimum absolute atomic E-state index is 0.0335. The van der Waals surface area contributed by atoms with Gasteiger partial charge in [0.05, 0.1) is 11.3 Å². The topological polar surface area (TPSA) is 63.7 Å². The van der Waals surface area contributed by atoms with Gasteiger partial charge in [-0.05, 0) is 49.9 Å². The Labute approximate surface area is 173 Å². The molecule has 0 radical (unpaired) electrons. The van der Waals surface area contributed by atoms with Gasteiger partial charge in [-0.15, -0.1) is 0 Å². The van der Waals surface area contributed by atoms with Crippen LogP contribution in [-0.2, 0) is 14.3 Å². The summed E-state index contributed by atoms with van der Waals surface area (Å²) in [7, 11) is 0. The van der Waals surface area contributed by atoms with Crippen LogP contribution in [0.15, 0.2) is 36.4 Å². The molecule has 5 heteroatoms. The first-order valence-electron chi connectivity index (χ1n) is 11.0. The van der Waals surface area contributed by atoms with E-state index in [2.05, 4.69) is 0 Å². The van der Waals surface area contributed by atoms with Gasteiger partial charge in [-0.3, -0.25) is 9.59 Å². The normalized spacial score (nSPS) is 20.1. The number of anilines is 1. The summed E-state index contributed by atoms with van der Waals surface area (Å²) in [6.45, 7) is 0. The molecular formula is C24H31NO4. The first-order valence-corrected chi connectivity index (χ1v) is 11.0. The zero-order valence-electron chi connectivity index (χ0n) is 17.1. The van der Waals surface area contributed by atoms with Crippen LogP contribution >= 0.6 is 0 Å². The number of carbonyl (C=O) groups excluding carboxylic acids is 3. The zero-order chi connectivity index (χ0) is 20.5. The Morgan fingerprint density at radius 2 is 1.17 bits per heavy atom. The molecule has 3 rings (SSSR count). The fourth-order valence-electron chi connectivity index (χ4n) is 4.04. The number of carbonyl (C=O) groups is 3. The van der Waals surface area contributed by atoms with Crippen molar-refractivity contribution in [3.63, 3.8) is 0 Å². The molecule has 1 heterocycles. The SMILES string of the molecule is O=C(OC1CCCCCCCCCCCC1)c1ccc(N2C(=O)C=CC2=O)cc1. The van der Waals surface area contributed by atoms with Gasteiger partial charge < -0.3 is 4.74 Å². The van der Waals surface area contributed by atoms with Crippen LogP contribution in [0.2, 0.25) is 0 Å². The second-order valence-corrected chi connectivity index (χ2v) is 8.03. The van der Waals surface area contributed by atoms with Crippen molar-refractivity contribution >= 4 is 23.5 Å². The van der Waals surface area contributed by atoms with E-state index in [1.807, 2.05) is 0 Å². The Kier molecular flexibility index (Phi) is 8.03. The molecule has 1 aromatic carbocycles. The molecule has 0 N–H and O–H groups in total. The number of rotatable bonds is 3. The molecule has 2 amide bonds. The summed E-state index contributed by atoms with van der Waals surface area (Å²) in [5.74, 6) is -1.06. The van der Waals surface area contributed by atoms with Crippen molar-refractivity contribution in [3.8, 4) is 0 Å². The average molecular weight is 398 g/mol. The van der Waals surface area contributed by atoms with Gasteiger partial charge in [0.1, 0.15) is 6.10 Å². The minimum atomic E-state index is -0.366. The van der Waals surface area contributed by atoms with Gasteiger partial charge in [-0.2, -0.15) is 0 Å². The van der Waals surface area contributed by atoms with Crippen molar-refractivity contribution in [3.05, 3.63) is 42.0 Å². The highest BCUT2D eigenvalue weighted by atomic mass is 16.5. The van der Waals surface area contributed by atoms with E-state index >= 15 is 0 Å². The van der Waals surface area contributed by atoms with Crippen molar-refractivity contribution in [1.29, 1.82) is 0 Å². The third kappa shape index (κ3) is 6.28.